The summed E-state index contributed by atoms with van der Waals surface area (Å²) in [6.07, 6.45) is -1.82. The second-order valence-electron chi connectivity index (χ2n) is 18.9. The summed E-state index contributed by atoms with van der Waals surface area (Å²) in [6.45, 7) is 6.72. The first-order chi connectivity index (χ1) is 37.5. The number of rotatable bonds is 18. The van der Waals surface area contributed by atoms with E-state index in [1.54, 1.807) is 45.0 Å². The largest absolute Gasteiger partial charge is 0.480 e. The molecule has 18 nitrogen and oxygen atoms in total. The maximum Gasteiger partial charge on any atom is 0.408 e. The molecule has 2 amide bonds. The third-order valence-electron chi connectivity index (χ3n) is 12.2. The molecular weight excluding hydrogens is 1190 g/mol. The minimum absolute atomic E-state index is 0.00166. The average Bonchev–Trinajstić information content (AvgIpc) is 3.95. The fourth-order valence-electron chi connectivity index (χ4n) is 8.59. The van der Waals surface area contributed by atoms with Crippen LogP contribution in [0.3, 0.4) is 0 Å². The number of nitrogens with one attached hydrogen (secondary N) is 4. The molecule has 0 unspecified atom stereocenters. The molecule has 2 aliphatic carbocycles. The van der Waals surface area contributed by atoms with Gasteiger partial charge in [0.1, 0.15) is 30.9 Å². The van der Waals surface area contributed by atoms with Crippen LogP contribution in [0.5, 0.6) is 0 Å². The maximum absolute atomic E-state index is 12.4. The Morgan fingerprint density at radius 3 is 1.25 bits per heavy atom. The van der Waals surface area contributed by atoms with Crippen LogP contribution < -0.4 is 20.1 Å². The number of halogens is 2. The molecule has 0 radical (unpaired) electrons. The molecule has 0 saturated carbocycles. The van der Waals surface area contributed by atoms with Crippen molar-refractivity contribution in [2.24, 2.45) is 0 Å². The summed E-state index contributed by atoms with van der Waals surface area (Å²) in [5.74, 6) is -2.20. The first-order valence-electron chi connectivity index (χ1n) is 24.7. The average molecular weight is 1250 g/mol. The summed E-state index contributed by atoms with van der Waals surface area (Å²) >= 11 is 6.47. The number of alkyl carbamates (subject to hydrolysis) is 2. The molecule has 5 N–H and O–H groups in total. The Kier molecular flexibility index (Phi) is 21.5. The molecule has 0 aliphatic heterocycles. The highest BCUT2D eigenvalue weighted by molar-refractivity contribution is 9.10. The second kappa shape index (κ2) is 27.8. The Morgan fingerprint density at radius 2 is 0.899 bits per heavy atom. The molecule has 0 bridgehead atoms. The number of sulfonamides is 2. The number of carboxylic acids is 1. The minimum Gasteiger partial charge on any atom is -0.480 e. The van der Waals surface area contributed by atoms with Gasteiger partial charge in [0.05, 0.1) is 16.9 Å². The molecule has 0 saturated heterocycles. The van der Waals surface area contributed by atoms with Crippen LogP contribution in [-0.4, -0.2) is 103 Å². The number of hydrogen-bond acceptors (Lipinski definition) is 13. The van der Waals surface area contributed by atoms with E-state index in [-0.39, 0.29) is 60.1 Å². The number of carboxylic acid groups (broad SMARTS) is 1. The number of ether oxygens (including phenoxy) is 4. The van der Waals surface area contributed by atoms with Gasteiger partial charge in [-0.3, -0.25) is 4.79 Å². The smallest absolute Gasteiger partial charge is 0.408 e. The van der Waals surface area contributed by atoms with Crippen molar-refractivity contribution in [1.82, 2.24) is 20.1 Å². The number of fused-ring (bicyclic) bond motifs is 6. The van der Waals surface area contributed by atoms with Crippen LogP contribution in [0.2, 0.25) is 0 Å². The fourth-order valence-corrected chi connectivity index (χ4v) is 11.2. The van der Waals surface area contributed by atoms with Crippen molar-refractivity contribution >= 4 is 82.0 Å². The number of hydrogen-bond donors (Lipinski definition) is 5. The van der Waals surface area contributed by atoms with Crippen LogP contribution in [0.1, 0.15) is 74.6 Å². The third-order valence-corrected chi connectivity index (χ3v) is 16.2. The van der Waals surface area contributed by atoms with E-state index in [2.05, 4.69) is 80.9 Å². The van der Waals surface area contributed by atoms with Gasteiger partial charge in [0.25, 0.3) is 0 Å². The number of benzene rings is 6. The maximum atomic E-state index is 12.4. The van der Waals surface area contributed by atoms with Crippen LogP contribution in [0.15, 0.2) is 164 Å². The van der Waals surface area contributed by atoms with Crippen LogP contribution in [0.25, 0.3) is 22.3 Å². The zero-order valence-corrected chi connectivity index (χ0v) is 48.5. The SMILES string of the molecule is CC(=O)OCC1c2ccccc2-c2ccccc21.COC(=O)[C@H](CCNS(=O)(=O)c1ccc(Br)cc1)NC(=O)OC(C)(C)C.O=C(N[C@H](CCNS(=O)(=O)c1ccc(Br)cc1)C(=O)O)OCC1c2ccccc2-c2ccccc21. The third kappa shape index (κ3) is 17.3. The van der Waals surface area contributed by atoms with Gasteiger partial charge in [0, 0.05) is 40.8 Å². The lowest BCUT2D eigenvalue weighted by atomic mass is 9.98. The molecule has 22 heteroatoms. The van der Waals surface area contributed by atoms with Crippen molar-refractivity contribution in [3.05, 3.63) is 177 Å². The predicted molar refractivity (Wildman–Crippen MR) is 303 cm³/mol. The summed E-state index contributed by atoms with van der Waals surface area (Å²) in [4.78, 5) is 58.8. The molecule has 6 aromatic carbocycles. The summed E-state index contributed by atoms with van der Waals surface area (Å²) in [7, 11) is -6.36. The Bertz CT molecular complexity index is 3270. The fraction of sp³-hybridized carbons (Fsp3) is 0.281. The first-order valence-corrected chi connectivity index (χ1v) is 29.3. The van der Waals surface area contributed by atoms with E-state index < -0.39 is 61.9 Å². The van der Waals surface area contributed by atoms with Crippen molar-refractivity contribution in [3.63, 3.8) is 0 Å². The first kappa shape index (κ1) is 61.3. The standard InChI is InChI=1S/C25H23BrN2O6S.C16H23BrN2O6S.C16H14O2/c26-16-9-11-17(12-10-16)35(32,33)27-14-13-23(24(29)30)28-25(31)34-15-22-20-7-3-1-5-18(20)19-6-2-4-8-21(19)22;1-16(2,3)25-15(21)19-13(14(20)24-4)9-10-18-26(22,23)12-7-5-11(17)6-8-12;1-11(17)18-10-16-14-8-4-2-6-12(14)13-7-3-5-9-15(13)16/h1-12,22-23,27H,13-15H2,(H,28,31)(H,29,30);5-8,13,18H,9-10H2,1-4H3,(H,19,21);2-9,16H,10H2,1H3/t23-;13-;/m10./s1. The molecule has 0 spiro atoms. The molecule has 2 aliphatic rings. The van der Waals surface area contributed by atoms with Crippen LogP contribution in [0, 0.1) is 0 Å². The second-order valence-corrected chi connectivity index (χ2v) is 24.3. The summed E-state index contributed by atoms with van der Waals surface area (Å²) in [6, 6.07) is 42.2. The number of amides is 2. The summed E-state index contributed by atoms with van der Waals surface area (Å²) < 4.78 is 75.7. The molecule has 0 heterocycles. The molecule has 79 heavy (non-hydrogen) atoms. The molecule has 8 rings (SSSR count). The number of carbonyl (C=O) groups is 5. The van der Waals surface area contributed by atoms with Gasteiger partial charge in [0.2, 0.25) is 20.0 Å². The van der Waals surface area contributed by atoms with Crippen molar-refractivity contribution in [2.45, 2.75) is 79.8 Å². The number of methoxy groups -OCH3 is 1. The molecule has 6 aromatic rings. The van der Waals surface area contributed by atoms with Crippen LogP contribution in [0.4, 0.5) is 9.59 Å². The molecule has 0 fully saturated rings. The lowest BCUT2D eigenvalue weighted by Crippen LogP contribution is -2.45. The Morgan fingerprint density at radius 1 is 0.544 bits per heavy atom. The van der Waals surface area contributed by atoms with Crippen molar-refractivity contribution in [3.8, 4) is 22.3 Å². The summed E-state index contributed by atoms with van der Waals surface area (Å²) in [5, 5.41) is 14.2. The Labute approximate surface area is 476 Å². The van der Waals surface area contributed by atoms with Gasteiger partial charge in [-0.15, -0.1) is 0 Å². The van der Waals surface area contributed by atoms with Crippen LogP contribution in [-0.2, 0) is 53.4 Å². The zero-order valence-electron chi connectivity index (χ0n) is 43.7. The topological polar surface area (TPSA) is 259 Å². The highest BCUT2D eigenvalue weighted by atomic mass is 79.9. The van der Waals surface area contributed by atoms with Crippen molar-refractivity contribution in [1.29, 1.82) is 0 Å². The van der Waals surface area contributed by atoms with Gasteiger partial charge in [-0.2, -0.15) is 0 Å². The monoisotopic (exact) mass is 1250 g/mol. The Hall–Kier alpha value is -6.95. The van der Waals surface area contributed by atoms with Crippen molar-refractivity contribution < 1.29 is 64.9 Å². The van der Waals surface area contributed by atoms with E-state index in [4.69, 9.17) is 14.2 Å². The van der Waals surface area contributed by atoms with Gasteiger partial charge in [-0.1, -0.05) is 129 Å². The Balaban J connectivity index is 0.000000202. The number of aliphatic carboxylic acids is 1. The lowest BCUT2D eigenvalue weighted by Gasteiger charge is -2.22. The number of esters is 2. The van der Waals surface area contributed by atoms with Gasteiger partial charge in [0.15, 0.2) is 0 Å². The molecular formula is C57H60Br2N4O14S2. The van der Waals surface area contributed by atoms with E-state index >= 15 is 0 Å². The highest BCUT2D eigenvalue weighted by Gasteiger charge is 2.32. The van der Waals surface area contributed by atoms with Gasteiger partial charge in [-0.25, -0.2) is 45.5 Å². The van der Waals surface area contributed by atoms with Gasteiger partial charge >= 0.3 is 30.1 Å². The lowest BCUT2D eigenvalue weighted by molar-refractivity contribution is -0.143. The van der Waals surface area contributed by atoms with E-state index in [1.807, 2.05) is 72.8 Å². The highest BCUT2D eigenvalue weighted by Crippen LogP contribution is 2.45. The molecule has 0 aromatic heterocycles. The van der Waals surface area contributed by atoms with E-state index in [0.717, 1.165) is 31.2 Å². The van der Waals surface area contributed by atoms with Crippen LogP contribution >= 0.6 is 31.9 Å². The van der Waals surface area contributed by atoms with Gasteiger partial charge < -0.3 is 34.7 Å². The minimum atomic E-state index is -3.81. The predicted octanol–water partition coefficient (Wildman–Crippen LogP) is 9.66. The summed E-state index contributed by atoms with van der Waals surface area (Å²) in [5.41, 5.74) is 8.53. The zero-order chi connectivity index (χ0) is 57.5. The van der Waals surface area contributed by atoms with E-state index in [0.29, 0.717) is 6.61 Å². The van der Waals surface area contributed by atoms with E-state index in [1.165, 1.54) is 60.6 Å². The number of carbonyl (C=O) groups excluding carboxylic acids is 4. The van der Waals surface area contributed by atoms with Gasteiger partial charge in [-0.05, 0) is 127 Å². The van der Waals surface area contributed by atoms with Crippen molar-refractivity contribution in [2.75, 3.05) is 33.4 Å². The molecule has 2 atom stereocenters. The quantitative estimate of drug-likeness (QED) is 0.0397. The molecule has 418 valence electrons. The normalized spacial score (nSPS) is 13.2. The van der Waals surface area contributed by atoms with E-state index in [9.17, 15) is 45.9 Å².